The molecule has 21 heavy (non-hydrogen) atoms. The highest BCUT2D eigenvalue weighted by atomic mass is 32.2. The highest BCUT2D eigenvalue weighted by molar-refractivity contribution is 8.05. The number of rotatable bonds is 3. The van der Waals surface area contributed by atoms with Crippen molar-refractivity contribution in [3.8, 4) is 0 Å². The highest BCUT2D eigenvalue weighted by Gasteiger charge is 2.60. The van der Waals surface area contributed by atoms with Crippen LogP contribution in [0.3, 0.4) is 0 Å². The van der Waals surface area contributed by atoms with Crippen LogP contribution in [0.1, 0.15) is 6.92 Å². The number of thioether (sulfide) groups is 2. The molecule has 0 radical (unpaired) electrons. The summed E-state index contributed by atoms with van der Waals surface area (Å²) in [4.78, 5) is 25.3. The van der Waals surface area contributed by atoms with Gasteiger partial charge in [0, 0.05) is 18.8 Å². The Morgan fingerprint density at radius 3 is 2.90 bits per heavy atom. The Hall–Kier alpha value is -1.33. The molecule has 2 fully saturated rings. The van der Waals surface area contributed by atoms with Crippen molar-refractivity contribution in [2.75, 3.05) is 6.54 Å². The molecule has 1 aromatic rings. The Kier molecular flexibility index (Phi) is 3.37. The van der Waals surface area contributed by atoms with Crippen LogP contribution in [0.5, 0.6) is 0 Å². The number of amides is 1. The van der Waals surface area contributed by atoms with E-state index >= 15 is 0 Å². The maximum absolute atomic E-state index is 11.9. The van der Waals surface area contributed by atoms with Crippen molar-refractivity contribution in [2.24, 2.45) is 12.8 Å². The molecule has 1 aromatic heterocycles. The van der Waals surface area contributed by atoms with Crippen LogP contribution in [0.2, 0.25) is 0 Å². The van der Waals surface area contributed by atoms with Crippen molar-refractivity contribution in [1.29, 1.82) is 0 Å². The highest BCUT2D eigenvalue weighted by Crippen LogP contribution is 2.49. The summed E-state index contributed by atoms with van der Waals surface area (Å²) >= 11 is 2.49. The molecule has 2 aliphatic rings. The molecule has 3 unspecified atom stereocenters. The molecule has 114 valence electrons. The lowest BCUT2D eigenvalue weighted by molar-refractivity contribution is -0.149. The number of carboxylic acid groups (broad SMARTS) is 1. The predicted octanol–water partition coefficient (Wildman–Crippen LogP) is -1.24. The molecule has 0 bridgehead atoms. The number of aliphatic carboxylic acids is 1. The van der Waals surface area contributed by atoms with Gasteiger partial charge >= 0.3 is 5.97 Å². The van der Waals surface area contributed by atoms with Crippen molar-refractivity contribution in [1.82, 2.24) is 25.1 Å². The van der Waals surface area contributed by atoms with E-state index in [0.29, 0.717) is 5.16 Å². The van der Waals surface area contributed by atoms with E-state index in [1.54, 1.807) is 7.05 Å². The Labute approximate surface area is 128 Å². The summed E-state index contributed by atoms with van der Waals surface area (Å²) in [6, 6.07) is -0.536. The average Bonchev–Trinajstić information content (AvgIpc) is 2.85. The lowest BCUT2D eigenvalue weighted by Gasteiger charge is -2.54. The second kappa shape index (κ2) is 4.85. The number of aromatic nitrogens is 4. The summed E-state index contributed by atoms with van der Waals surface area (Å²) in [5.41, 5.74) is 5.76. The predicted molar refractivity (Wildman–Crippen MR) is 75.6 cm³/mol. The first kappa shape index (κ1) is 14.6. The number of carbonyl (C=O) groups excluding carboxylic acids is 1. The van der Waals surface area contributed by atoms with Crippen molar-refractivity contribution in [3.05, 3.63) is 0 Å². The maximum atomic E-state index is 11.9. The molecule has 1 amide bonds. The lowest BCUT2D eigenvalue weighted by atomic mass is 9.99. The number of hydrogen-bond acceptors (Lipinski definition) is 8. The molecule has 3 N–H and O–H groups in total. The van der Waals surface area contributed by atoms with Crippen LogP contribution < -0.4 is 5.73 Å². The second-order valence-electron chi connectivity index (χ2n) is 5.04. The Morgan fingerprint density at radius 1 is 1.62 bits per heavy atom. The Bertz CT molecular complexity index is 609. The molecule has 0 saturated carbocycles. The molecule has 11 heteroatoms. The zero-order chi connectivity index (χ0) is 15.4. The summed E-state index contributed by atoms with van der Waals surface area (Å²) < 4.78 is 0.224. The van der Waals surface area contributed by atoms with Gasteiger partial charge in [0.25, 0.3) is 0 Å². The lowest BCUT2D eigenvalue weighted by Crippen LogP contribution is -2.74. The fraction of sp³-hybridized carbons (Fsp3) is 0.700. The van der Waals surface area contributed by atoms with Crippen LogP contribution in [0.4, 0.5) is 0 Å². The van der Waals surface area contributed by atoms with Gasteiger partial charge in [0.05, 0.1) is 0 Å². The van der Waals surface area contributed by atoms with Crippen molar-refractivity contribution >= 4 is 35.4 Å². The van der Waals surface area contributed by atoms with Crippen molar-refractivity contribution in [2.45, 2.75) is 33.5 Å². The Morgan fingerprint density at radius 2 is 2.33 bits per heavy atom. The zero-order valence-electron chi connectivity index (χ0n) is 11.3. The monoisotopic (exact) mass is 330 g/mol. The number of nitrogens with zero attached hydrogens (tertiary/aromatic N) is 5. The second-order valence-corrected chi connectivity index (χ2v) is 7.80. The van der Waals surface area contributed by atoms with Gasteiger partial charge in [-0.1, -0.05) is 18.7 Å². The summed E-state index contributed by atoms with van der Waals surface area (Å²) in [6.45, 7) is 1.94. The van der Waals surface area contributed by atoms with E-state index in [1.165, 1.54) is 21.3 Å². The smallest absolute Gasteiger partial charge is 0.323 e. The third kappa shape index (κ3) is 2.02. The fourth-order valence-electron chi connectivity index (χ4n) is 2.45. The number of aryl methyl sites for hydroxylation is 1. The maximum Gasteiger partial charge on any atom is 0.323 e. The molecule has 0 aliphatic carbocycles. The summed E-state index contributed by atoms with van der Waals surface area (Å²) in [7, 11) is 1.64. The SMILES string of the molecule is CC1S[C@@H]2C(N)C(=O)N2CC1(Sc1nnnn1C)C(=O)O. The van der Waals surface area contributed by atoms with Crippen LogP contribution in [0.25, 0.3) is 0 Å². The van der Waals surface area contributed by atoms with Gasteiger partial charge in [-0.2, -0.15) is 0 Å². The quantitative estimate of drug-likeness (QED) is 0.654. The van der Waals surface area contributed by atoms with Crippen LogP contribution in [0, 0.1) is 0 Å². The zero-order valence-corrected chi connectivity index (χ0v) is 13.0. The number of nitrogens with two attached hydrogens (primary N) is 1. The number of fused-ring (bicyclic) bond motifs is 1. The molecule has 3 heterocycles. The number of carboxylic acids is 1. The molecule has 9 nitrogen and oxygen atoms in total. The van der Waals surface area contributed by atoms with E-state index in [9.17, 15) is 14.7 Å². The third-order valence-corrected chi connectivity index (χ3v) is 7.14. The topological polar surface area (TPSA) is 127 Å². The van der Waals surface area contributed by atoms with Crippen LogP contribution in [0.15, 0.2) is 5.16 Å². The molecule has 4 atom stereocenters. The molecule has 3 rings (SSSR count). The standard InChI is InChI=1S/C10H14N6O3S2/c1-4-10(8(18)19,21-9-12-13-14-15(9)2)3-16-6(17)5(11)7(16)20-4/h4-5,7H,3,11H2,1-2H3,(H,18,19)/t4?,5?,7-,10?/m1/s1. The molecule has 0 aromatic carbocycles. The van der Waals surface area contributed by atoms with E-state index < -0.39 is 16.8 Å². The van der Waals surface area contributed by atoms with E-state index in [1.807, 2.05) is 6.92 Å². The first-order valence-electron chi connectivity index (χ1n) is 6.23. The minimum atomic E-state index is -1.20. The summed E-state index contributed by atoms with van der Waals surface area (Å²) in [5, 5.41) is 20.8. The summed E-state index contributed by atoms with van der Waals surface area (Å²) in [5.74, 6) is -1.19. The average molecular weight is 330 g/mol. The first-order valence-corrected chi connectivity index (χ1v) is 7.99. The molecule has 2 saturated heterocycles. The summed E-state index contributed by atoms with van der Waals surface area (Å²) in [6.07, 6.45) is 0. The van der Waals surface area contributed by atoms with Crippen molar-refractivity contribution in [3.63, 3.8) is 0 Å². The largest absolute Gasteiger partial charge is 0.480 e. The first-order chi connectivity index (χ1) is 9.86. The molecular formula is C10H14N6O3S2. The Balaban J connectivity index is 1.92. The van der Waals surface area contributed by atoms with Gasteiger partial charge in [-0.05, 0) is 10.4 Å². The van der Waals surface area contributed by atoms with Crippen LogP contribution >= 0.6 is 23.5 Å². The van der Waals surface area contributed by atoms with E-state index in [2.05, 4.69) is 15.5 Å². The van der Waals surface area contributed by atoms with Crippen LogP contribution in [-0.4, -0.2) is 70.0 Å². The molecule has 0 spiro atoms. The fourth-order valence-corrected chi connectivity index (χ4v) is 5.21. The minimum absolute atomic E-state index is 0.102. The minimum Gasteiger partial charge on any atom is -0.480 e. The van der Waals surface area contributed by atoms with Gasteiger partial charge in [-0.15, -0.1) is 16.9 Å². The molecular weight excluding hydrogens is 316 g/mol. The van der Waals surface area contributed by atoms with Gasteiger partial charge < -0.3 is 15.7 Å². The van der Waals surface area contributed by atoms with E-state index in [-0.39, 0.29) is 23.1 Å². The number of tetrazole rings is 1. The third-order valence-electron chi connectivity index (χ3n) is 3.80. The molecule has 2 aliphatic heterocycles. The number of hydrogen-bond donors (Lipinski definition) is 2. The van der Waals surface area contributed by atoms with Gasteiger partial charge in [-0.25, -0.2) is 4.68 Å². The van der Waals surface area contributed by atoms with Gasteiger partial charge in [0.2, 0.25) is 11.1 Å². The van der Waals surface area contributed by atoms with E-state index in [4.69, 9.17) is 5.73 Å². The normalized spacial score (nSPS) is 35.3. The van der Waals surface area contributed by atoms with Crippen molar-refractivity contribution < 1.29 is 14.7 Å². The number of β-lactam (4-membered cyclic amide) rings is 1. The van der Waals surface area contributed by atoms with Gasteiger partial charge in [-0.3, -0.25) is 9.59 Å². The van der Waals surface area contributed by atoms with Gasteiger partial charge in [0.1, 0.15) is 16.2 Å². The van der Waals surface area contributed by atoms with Crippen LogP contribution in [-0.2, 0) is 16.6 Å². The number of carbonyl (C=O) groups is 2. The van der Waals surface area contributed by atoms with E-state index in [0.717, 1.165) is 11.8 Å². The van der Waals surface area contributed by atoms with Gasteiger partial charge in [0.15, 0.2) is 0 Å².